The van der Waals surface area contributed by atoms with Gasteiger partial charge in [0.25, 0.3) is 0 Å². The molecule has 1 saturated carbocycles. The Balaban J connectivity index is 1.47. The number of fused-ring (bicyclic) bond motifs is 1. The second kappa shape index (κ2) is 9.31. The zero-order chi connectivity index (χ0) is 23.7. The quantitative estimate of drug-likeness (QED) is 0.509. The average Bonchev–Trinajstić information content (AvgIpc) is 3.54. The van der Waals surface area contributed by atoms with Crippen LogP contribution in [-0.4, -0.2) is 44.9 Å². The van der Waals surface area contributed by atoms with Crippen molar-refractivity contribution in [1.82, 2.24) is 20.0 Å². The number of Topliss-reactive ketones (excluding diaryl/α,β-unsaturated/α-hetero) is 1. The Kier molecular flexibility index (Phi) is 6.47. The predicted molar refractivity (Wildman–Crippen MR) is 122 cm³/mol. The molecule has 4 rings (SSSR count). The van der Waals surface area contributed by atoms with E-state index in [-0.39, 0.29) is 53.9 Å². The summed E-state index contributed by atoms with van der Waals surface area (Å²) in [7, 11) is 0. The van der Waals surface area contributed by atoms with Crippen LogP contribution in [0, 0.1) is 12.7 Å². The fourth-order valence-electron chi connectivity index (χ4n) is 3.88. The molecule has 1 fully saturated rings. The van der Waals surface area contributed by atoms with Crippen molar-refractivity contribution in [3.8, 4) is 0 Å². The van der Waals surface area contributed by atoms with Crippen LogP contribution >= 0.6 is 11.6 Å². The molecule has 2 amide bonds. The number of carbonyl (C=O) groups is 3. The number of hydrogen-bond acceptors (Lipinski definition) is 4. The lowest BCUT2D eigenvalue weighted by molar-refractivity contribution is -0.137. The number of aryl methyl sites for hydroxylation is 1. The number of carbonyl (C=O) groups excluding carboxylic acids is 3. The van der Waals surface area contributed by atoms with Crippen molar-refractivity contribution in [2.45, 2.75) is 45.8 Å². The summed E-state index contributed by atoms with van der Waals surface area (Å²) >= 11 is 5.78. The molecule has 172 valence electrons. The van der Waals surface area contributed by atoms with Gasteiger partial charge in [-0.1, -0.05) is 35.9 Å². The normalized spacial score (nSPS) is 13.2. The van der Waals surface area contributed by atoms with Crippen LogP contribution in [-0.2, 0) is 22.7 Å². The smallest absolute Gasteiger partial charge is 0.245 e. The molecule has 0 spiro atoms. The first-order valence-corrected chi connectivity index (χ1v) is 11.1. The van der Waals surface area contributed by atoms with Gasteiger partial charge in [0.15, 0.2) is 5.78 Å². The van der Waals surface area contributed by atoms with Gasteiger partial charge >= 0.3 is 0 Å². The number of nitrogens with one attached hydrogen (secondary N) is 1. The van der Waals surface area contributed by atoms with Crippen LogP contribution in [0.3, 0.4) is 0 Å². The van der Waals surface area contributed by atoms with E-state index in [9.17, 15) is 18.8 Å². The van der Waals surface area contributed by atoms with E-state index in [4.69, 9.17) is 11.6 Å². The maximum absolute atomic E-state index is 14.1. The molecule has 0 saturated heterocycles. The molecule has 0 unspecified atom stereocenters. The van der Waals surface area contributed by atoms with Gasteiger partial charge in [-0.05, 0) is 37.5 Å². The minimum Gasteiger partial charge on any atom is -0.350 e. The van der Waals surface area contributed by atoms with Crippen LogP contribution in [0.2, 0.25) is 5.02 Å². The van der Waals surface area contributed by atoms with Crippen LogP contribution in [0.1, 0.15) is 41.4 Å². The third-order valence-electron chi connectivity index (χ3n) is 5.73. The van der Waals surface area contributed by atoms with Gasteiger partial charge in [-0.2, -0.15) is 5.10 Å². The lowest BCUT2D eigenvalue weighted by atomic mass is 10.1. The van der Waals surface area contributed by atoms with Crippen molar-refractivity contribution in [3.63, 3.8) is 0 Å². The molecule has 1 N–H and O–H groups in total. The number of nitrogens with zero attached hydrogens (tertiary/aromatic N) is 3. The molecule has 3 aromatic rings. The molecular formula is C24H24ClFN4O3. The molecule has 2 aromatic carbocycles. The van der Waals surface area contributed by atoms with Gasteiger partial charge in [0, 0.05) is 30.5 Å². The number of hydrogen-bond donors (Lipinski definition) is 1. The van der Waals surface area contributed by atoms with E-state index in [0.29, 0.717) is 11.2 Å². The number of aromatic nitrogens is 2. The molecule has 1 aromatic heterocycles. The summed E-state index contributed by atoms with van der Waals surface area (Å²) in [6, 6.07) is 10.1. The van der Waals surface area contributed by atoms with Crippen LogP contribution in [0.5, 0.6) is 0 Å². The number of benzene rings is 2. The Morgan fingerprint density at radius 3 is 2.64 bits per heavy atom. The zero-order valence-corrected chi connectivity index (χ0v) is 19.2. The molecule has 0 aliphatic heterocycles. The van der Waals surface area contributed by atoms with Gasteiger partial charge in [-0.3, -0.25) is 19.1 Å². The molecule has 33 heavy (non-hydrogen) atoms. The highest BCUT2D eigenvalue weighted by Crippen LogP contribution is 2.28. The highest BCUT2D eigenvalue weighted by Gasteiger charge is 2.34. The second-order valence-electron chi connectivity index (χ2n) is 8.27. The van der Waals surface area contributed by atoms with Crippen molar-refractivity contribution >= 4 is 40.1 Å². The van der Waals surface area contributed by atoms with Crippen LogP contribution < -0.4 is 5.32 Å². The molecule has 9 heteroatoms. The van der Waals surface area contributed by atoms with Gasteiger partial charge in [0.1, 0.15) is 18.1 Å². The molecule has 7 nitrogen and oxygen atoms in total. The van der Waals surface area contributed by atoms with Crippen molar-refractivity contribution in [3.05, 3.63) is 64.1 Å². The predicted octanol–water partition coefficient (Wildman–Crippen LogP) is 3.65. The highest BCUT2D eigenvalue weighted by molar-refractivity contribution is 6.30. The lowest BCUT2D eigenvalue weighted by Crippen LogP contribution is -2.43. The summed E-state index contributed by atoms with van der Waals surface area (Å²) in [5.74, 6) is -1.40. The van der Waals surface area contributed by atoms with Crippen molar-refractivity contribution < 1.29 is 18.8 Å². The van der Waals surface area contributed by atoms with Crippen LogP contribution in [0.15, 0.2) is 36.4 Å². The lowest BCUT2D eigenvalue weighted by Gasteiger charge is -2.22. The summed E-state index contributed by atoms with van der Waals surface area (Å²) in [4.78, 5) is 39.3. The fourth-order valence-corrected chi connectivity index (χ4v) is 4.08. The molecule has 1 aliphatic rings. The number of halogens is 2. The average molecular weight is 471 g/mol. The molecular weight excluding hydrogens is 447 g/mol. The summed E-state index contributed by atoms with van der Waals surface area (Å²) in [5, 5.41) is 7.77. The zero-order valence-electron chi connectivity index (χ0n) is 18.4. The third-order valence-corrected chi connectivity index (χ3v) is 6.03. The van der Waals surface area contributed by atoms with E-state index in [1.165, 1.54) is 22.6 Å². The van der Waals surface area contributed by atoms with Gasteiger partial charge in [0.2, 0.25) is 11.8 Å². The van der Waals surface area contributed by atoms with E-state index in [2.05, 4.69) is 10.4 Å². The van der Waals surface area contributed by atoms with Crippen molar-refractivity contribution in [2.75, 3.05) is 6.54 Å². The van der Waals surface area contributed by atoms with E-state index in [1.807, 2.05) is 25.1 Å². The summed E-state index contributed by atoms with van der Waals surface area (Å²) in [6.07, 6.45) is 1.64. The largest absolute Gasteiger partial charge is 0.350 e. The van der Waals surface area contributed by atoms with E-state index < -0.39 is 5.82 Å². The Hall–Kier alpha value is -3.26. The summed E-state index contributed by atoms with van der Waals surface area (Å²) in [6.45, 7) is 3.10. The van der Waals surface area contributed by atoms with Gasteiger partial charge in [-0.25, -0.2) is 4.39 Å². The SMILES string of the molecule is CC(=O)c1nn(CC(=O)N(CC(=O)NCc2cccc(Cl)c2F)C2CC2)c2cccc(C)c12. The molecule has 0 atom stereocenters. The Labute approximate surface area is 195 Å². The molecule has 1 heterocycles. The van der Waals surface area contributed by atoms with Gasteiger partial charge in [-0.15, -0.1) is 0 Å². The Morgan fingerprint density at radius 2 is 1.94 bits per heavy atom. The first-order valence-electron chi connectivity index (χ1n) is 10.7. The van der Waals surface area contributed by atoms with E-state index >= 15 is 0 Å². The minimum absolute atomic E-state index is 0.0110. The molecule has 0 bridgehead atoms. The van der Waals surface area contributed by atoms with Gasteiger partial charge < -0.3 is 10.2 Å². The second-order valence-corrected chi connectivity index (χ2v) is 8.68. The van der Waals surface area contributed by atoms with Crippen molar-refractivity contribution in [1.29, 1.82) is 0 Å². The maximum atomic E-state index is 14.1. The first-order chi connectivity index (χ1) is 15.8. The number of ketones is 1. The third kappa shape index (κ3) is 4.90. The minimum atomic E-state index is -0.572. The maximum Gasteiger partial charge on any atom is 0.245 e. The standard InChI is InChI=1S/C24H24ClFN4O3/c1-14-5-3-8-19-22(14)24(15(2)31)28-30(19)13-21(33)29(17-9-10-17)12-20(32)27-11-16-6-4-7-18(25)23(16)26/h3-8,17H,9-13H2,1-2H3,(H,27,32). The summed E-state index contributed by atoms with van der Waals surface area (Å²) < 4.78 is 15.6. The van der Waals surface area contributed by atoms with Gasteiger partial charge in [0.05, 0.1) is 17.1 Å². The topological polar surface area (TPSA) is 84.3 Å². The van der Waals surface area contributed by atoms with Crippen LogP contribution in [0.4, 0.5) is 4.39 Å². The molecule has 0 radical (unpaired) electrons. The van der Waals surface area contributed by atoms with E-state index in [0.717, 1.165) is 23.8 Å². The Morgan fingerprint density at radius 1 is 1.21 bits per heavy atom. The van der Waals surface area contributed by atoms with Crippen LogP contribution in [0.25, 0.3) is 10.9 Å². The first kappa shape index (κ1) is 22.9. The number of rotatable bonds is 8. The fraction of sp³-hybridized carbons (Fsp3) is 0.333. The monoisotopic (exact) mass is 470 g/mol. The highest BCUT2D eigenvalue weighted by atomic mass is 35.5. The van der Waals surface area contributed by atoms with E-state index in [1.54, 1.807) is 12.1 Å². The Bertz CT molecular complexity index is 1250. The number of amides is 2. The molecule has 1 aliphatic carbocycles. The van der Waals surface area contributed by atoms with Crippen molar-refractivity contribution in [2.24, 2.45) is 0 Å². The summed E-state index contributed by atoms with van der Waals surface area (Å²) in [5.41, 5.74) is 2.21.